The van der Waals surface area contributed by atoms with Crippen molar-refractivity contribution in [1.29, 1.82) is 0 Å². The van der Waals surface area contributed by atoms with E-state index in [0.717, 1.165) is 27.6 Å². The largest absolute Gasteiger partial charge is 0.415 e. The summed E-state index contributed by atoms with van der Waals surface area (Å²) in [7, 11) is 1.78. The minimum atomic E-state index is -3.02. The number of fused-ring (bicyclic) bond motifs is 1. The molecule has 0 aliphatic heterocycles. The number of alkyl halides is 2. The third-order valence-corrected chi connectivity index (χ3v) is 4.99. The summed E-state index contributed by atoms with van der Waals surface area (Å²) in [4.78, 5) is 5.56. The molecule has 0 bridgehead atoms. The lowest BCUT2D eigenvalue weighted by atomic mass is 10.1. The monoisotopic (exact) mass is 470 g/mol. The van der Waals surface area contributed by atoms with Crippen LogP contribution in [0.5, 0.6) is 0 Å². The predicted octanol–water partition coefficient (Wildman–Crippen LogP) is 4.24. The van der Waals surface area contributed by atoms with Crippen LogP contribution in [0.1, 0.15) is 17.9 Å². The van der Waals surface area contributed by atoms with Crippen molar-refractivity contribution in [2.45, 2.75) is 13.0 Å². The summed E-state index contributed by atoms with van der Waals surface area (Å²) >= 11 is 0. The zero-order valence-corrected chi connectivity index (χ0v) is 17.4. The van der Waals surface area contributed by atoms with E-state index in [-0.39, 0.29) is 12.1 Å². The minimum absolute atomic E-state index is 0.0823. The normalized spacial score (nSPS) is 11.5. The highest BCUT2D eigenvalue weighted by Crippen LogP contribution is 2.28. The Bertz CT molecular complexity index is 1500. The SMILES string of the molecule is CNc1ccc2cc(-c3nnn(Cc4ccc(-c5nnc(C(F)F)o5)c(F)c4F)n3)ccc2n1. The summed E-state index contributed by atoms with van der Waals surface area (Å²) in [5, 5.41) is 22.4. The second-order valence-corrected chi connectivity index (χ2v) is 7.14. The van der Waals surface area contributed by atoms with E-state index in [4.69, 9.17) is 4.42 Å². The highest BCUT2D eigenvalue weighted by molar-refractivity contribution is 5.84. The molecule has 0 aliphatic carbocycles. The molecule has 0 saturated heterocycles. The van der Waals surface area contributed by atoms with Crippen LogP contribution >= 0.6 is 0 Å². The second kappa shape index (κ2) is 8.50. The van der Waals surface area contributed by atoms with Crippen molar-refractivity contribution in [1.82, 2.24) is 35.4 Å². The quantitative estimate of drug-likeness (QED) is 0.367. The smallest absolute Gasteiger partial charge is 0.314 e. The van der Waals surface area contributed by atoms with Gasteiger partial charge in [0.05, 0.1) is 17.6 Å². The number of nitrogens with one attached hydrogen (secondary N) is 1. The molecule has 3 aromatic heterocycles. The number of anilines is 1. The van der Waals surface area contributed by atoms with Gasteiger partial charge in [-0.2, -0.15) is 13.6 Å². The number of hydrogen-bond donors (Lipinski definition) is 1. The van der Waals surface area contributed by atoms with Crippen molar-refractivity contribution in [2.24, 2.45) is 0 Å². The zero-order valence-electron chi connectivity index (χ0n) is 17.4. The van der Waals surface area contributed by atoms with Crippen molar-refractivity contribution >= 4 is 16.7 Å². The summed E-state index contributed by atoms with van der Waals surface area (Å²) in [5.41, 5.74) is 0.939. The van der Waals surface area contributed by atoms with Gasteiger partial charge in [-0.3, -0.25) is 0 Å². The van der Waals surface area contributed by atoms with E-state index < -0.39 is 35.4 Å². The summed E-state index contributed by atoms with van der Waals surface area (Å²) in [6.07, 6.45) is -3.02. The van der Waals surface area contributed by atoms with Gasteiger partial charge in [-0.25, -0.2) is 13.8 Å². The van der Waals surface area contributed by atoms with Gasteiger partial charge in [-0.05, 0) is 41.6 Å². The van der Waals surface area contributed by atoms with Crippen LogP contribution in [-0.2, 0) is 6.54 Å². The first-order valence-corrected chi connectivity index (χ1v) is 9.88. The number of pyridine rings is 1. The van der Waals surface area contributed by atoms with E-state index in [9.17, 15) is 17.6 Å². The fourth-order valence-corrected chi connectivity index (χ4v) is 3.29. The molecule has 1 N–H and O–H groups in total. The maximum atomic E-state index is 14.7. The molecule has 0 unspecified atom stereocenters. The molecule has 0 fully saturated rings. The van der Waals surface area contributed by atoms with Crippen LogP contribution in [0.3, 0.4) is 0 Å². The summed E-state index contributed by atoms with van der Waals surface area (Å²) in [6, 6.07) is 11.6. The van der Waals surface area contributed by atoms with E-state index in [1.807, 2.05) is 24.3 Å². The topological polar surface area (TPSA) is 107 Å². The zero-order chi connectivity index (χ0) is 23.8. The number of hydrogen-bond acceptors (Lipinski definition) is 8. The molecule has 0 atom stereocenters. The van der Waals surface area contributed by atoms with Crippen LogP contribution in [0.4, 0.5) is 23.4 Å². The van der Waals surface area contributed by atoms with Gasteiger partial charge in [0.25, 0.3) is 11.8 Å². The van der Waals surface area contributed by atoms with Crippen LogP contribution in [0.25, 0.3) is 33.7 Å². The Morgan fingerprint density at radius 2 is 1.85 bits per heavy atom. The number of rotatable bonds is 6. The Kier molecular flexibility index (Phi) is 5.36. The minimum Gasteiger partial charge on any atom is -0.415 e. The van der Waals surface area contributed by atoms with Crippen LogP contribution in [0.15, 0.2) is 46.9 Å². The average Bonchev–Trinajstić information content (AvgIpc) is 3.52. The lowest BCUT2D eigenvalue weighted by Crippen LogP contribution is -2.07. The lowest BCUT2D eigenvalue weighted by Gasteiger charge is -2.05. The Hall–Kier alpha value is -4.42. The van der Waals surface area contributed by atoms with Gasteiger partial charge in [-0.1, -0.05) is 6.07 Å². The fraction of sp³-hybridized carbons (Fsp3) is 0.143. The first kappa shape index (κ1) is 21.4. The fourth-order valence-electron chi connectivity index (χ4n) is 3.29. The first-order valence-electron chi connectivity index (χ1n) is 9.88. The standard InChI is InChI=1S/C21H14F4N8O/c1-26-15-7-4-10-8-11(3-6-14(10)27-15)19-28-32-33(31-19)9-12-2-5-13(17(23)16(12)22)20-29-30-21(34-20)18(24)25/h2-8,18H,9H2,1H3,(H,26,27). The van der Waals surface area contributed by atoms with Crippen molar-refractivity contribution in [3.8, 4) is 22.8 Å². The van der Waals surface area contributed by atoms with Gasteiger partial charge in [-0.15, -0.1) is 20.4 Å². The van der Waals surface area contributed by atoms with Crippen molar-refractivity contribution < 1.29 is 22.0 Å². The Morgan fingerprint density at radius 1 is 1.00 bits per heavy atom. The van der Waals surface area contributed by atoms with Gasteiger partial charge in [0.2, 0.25) is 5.82 Å². The molecular weight excluding hydrogens is 456 g/mol. The van der Waals surface area contributed by atoms with Crippen molar-refractivity contribution in [3.05, 3.63) is 65.6 Å². The highest BCUT2D eigenvalue weighted by Gasteiger charge is 2.22. The highest BCUT2D eigenvalue weighted by atomic mass is 19.3. The van der Waals surface area contributed by atoms with E-state index in [0.29, 0.717) is 11.4 Å². The molecule has 5 rings (SSSR count). The van der Waals surface area contributed by atoms with E-state index in [2.05, 4.69) is 35.9 Å². The summed E-state index contributed by atoms with van der Waals surface area (Å²) in [6.45, 7) is -0.219. The molecule has 13 heteroatoms. The Balaban J connectivity index is 1.39. The lowest BCUT2D eigenvalue weighted by molar-refractivity contribution is 0.116. The van der Waals surface area contributed by atoms with Gasteiger partial charge in [0, 0.05) is 23.6 Å². The molecule has 3 heterocycles. The molecule has 0 spiro atoms. The maximum Gasteiger partial charge on any atom is 0.314 e. The summed E-state index contributed by atoms with van der Waals surface area (Å²) in [5.74, 6) is -3.03. The number of halogens is 4. The second-order valence-electron chi connectivity index (χ2n) is 7.14. The summed E-state index contributed by atoms with van der Waals surface area (Å²) < 4.78 is 59.2. The van der Waals surface area contributed by atoms with Gasteiger partial charge < -0.3 is 9.73 Å². The maximum absolute atomic E-state index is 14.7. The number of nitrogens with zero attached hydrogens (tertiary/aromatic N) is 7. The number of benzene rings is 2. The molecule has 172 valence electrons. The molecule has 2 aromatic carbocycles. The molecule has 0 aliphatic rings. The third kappa shape index (κ3) is 3.91. The molecule has 5 aromatic rings. The molecule has 0 saturated carbocycles. The average molecular weight is 470 g/mol. The van der Waals surface area contributed by atoms with Crippen molar-refractivity contribution in [2.75, 3.05) is 12.4 Å². The number of aromatic nitrogens is 7. The molecule has 9 nitrogen and oxygen atoms in total. The predicted molar refractivity (Wildman–Crippen MR) is 112 cm³/mol. The van der Waals surface area contributed by atoms with Crippen LogP contribution < -0.4 is 5.32 Å². The Labute approximate surface area is 188 Å². The molecule has 34 heavy (non-hydrogen) atoms. The number of tetrazole rings is 1. The van der Waals surface area contributed by atoms with Gasteiger partial charge in [0.1, 0.15) is 5.82 Å². The third-order valence-electron chi connectivity index (χ3n) is 4.99. The molecular formula is C21H14F4N8O. The van der Waals surface area contributed by atoms with E-state index >= 15 is 0 Å². The van der Waals surface area contributed by atoms with Crippen molar-refractivity contribution in [3.63, 3.8) is 0 Å². The Morgan fingerprint density at radius 3 is 2.62 bits per heavy atom. The molecule has 0 amide bonds. The molecule has 0 radical (unpaired) electrons. The van der Waals surface area contributed by atoms with Crippen LogP contribution in [0.2, 0.25) is 0 Å². The van der Waals surface area contributed by atoms with Crippen LogP contribution in [0, 0.1) is 11.6 Å². The van der Waals surface area contributed by atoms with Gasteiger partial charge >= 0.3 is 6.43 Å². The first-order chi connectivity index (χ1) is 16.4. The van der Waals surface area contributed by atoms with E-state index in [1.165, 1.54) is 6.07 Å². The van der Waals surface area contributed by atoms with Gasteiger partial charge in [0.15, 0.2) is 11.6 Å². The van der Waals surface area contributed by atoms with E-state index in [1.54, 1.807) is 13.1 Å². The van der Waals surface area contributed by atoms with Crippen LogP contribution in [-0.4, -0.2) is 42.4 Å².